The Hall–Kier alpha value is -1.51. The van der Waals surface area contributed by atoms with Crippen molar-refractivity contribution in [3.63, 3.8) is 0 Å². The molecule has 8 nitrogen and oxygen atoms in total. The summed E-state index contributed by atoms with van der Waals surface area (Å²) in [4.78, 5) is 40.6. The van der Waals surface area contributed by atoms with Gasteiger partial charge in [-0.15, -0.1) is 0 Å². The quantitative estimate of drug-likeness (QED) is 0.446. The third-order valence-corrected chi connectivity index (χ3v) is 6.46. The zero-order chi connectivity index (χ0) is 22.8. The number of hydrogen-bond acceptors (Lipinski definition) is 6. The molecule has 1 heterocycles. The van der Waals surface area contributed by atoms with E-state index in [9.17, 15) is 14.4 Å². The van der Waals surface area contributed by atoms with E-state index in [1.165, 1.54) is 0 Å². The van der Waals surface area contributed by atoms with Crippen LogP contribution in [-0.2, 0) is 23.9 Å². The molecule has 8 heteroatoms. The number of likely N-dealkylation sites (N-methyl/N-ethyl adjacent to an activating group) is 2. The minimum Gasteiger partial charge on any atom is -0.379 e. The minimum atomic E-state index is -0.413. The fraction of sp³-hybridized carbons (Fsp3) is 0.864. The Labute approximate surface area is 181 Å². The first-order valence-corrected chi connectivity index (χ1v) is 11.0. The van der Waals surface area contributed by atoms with Crippen LogP contribution in [0.1, 0.15) is 46.5 Å². The third kappa shape index (κ3) is 6.49. The van der Waals surface area contributed by atoms with Gasteiger partial charge in [-0.25, -0.2) is 0 Å². The molecular weight excluding hydrogens is 386 g/mol. The number of hydrogen-bond donors (Lipinski definition) is 1. The molecule has 0 bridgehead atoms. The van der Waals surface area contributed by atoms with E-state index < -0.39 is 6.10 Å². The molecule has 1 saturated heterocycles. The smallest absolute Gasteiger partial charge is 0.236 e. The number of ether oxygens (including phenoxy) is 2. The van der Waals surface area contributed by atoms with Crippen molar-refractivity contribution in [3.8, 4) is 0 Å². The summed E-state index contributed by atoms with van der Waals surface area (Å²) in [5.74, 6) is -0.169. The number of likely N-dealkylation sites (tertiary alicyclic amines) is 1. The second-order valence-electron chi connectivity index (χ2n) is 8.38. The molecule has 0 aromatic heterocycles. The lowest BCUT2D eigenvalue weighted by Crippen LogP contribution is -2.53. The first-order chi connectivity index (χ1) is 14.3. The van der Waals surface area contributed by atoms with Crippen LogP contribution in [0.25, 0.3) is 0 Å². The normalized spacial score (nSPS) is 21.6. The van der Waals surface area contributed by atoms with Crippen LogP contribution in [0.3, 0.4) is 0 Å². The molecule has 2 amide bonds. The number of rotatable bonds is 13. The fourth-order valence-electron chi connectivity index (χ4n) is 4.56. The van der Waals surface area contributed by atoms with E-state index in [-0.39, 0.29) is 54.8 Å². The maximum absolute atomic E-state index is 13.3. The van der Waals surface area contributed by atoms with Crippen molar-refractivity contribution < 1.29 is 23.9 Å². The molecule has 1 N–H and O–H groups in total. The summed E-state index contributed by atoms with van der Waals surface area (Å²) >= 11 is 0. The SMILES string of the molecule is CCC(C)C(C(CC(=O)N1CCCC1C(OC)[C@@H](C)C=O)OC)N(C)C(=O)CNC. The number of aldehydes is 1. The molecular formula is C22H41N3O5. The van der Waals surface area contributed by atoms with Crippen LogP contribution >= 0.6 is 0 Å². The van der Waals surface area contributed by atoms with Gasteiger partial charge in [0.2, 0.25) is 11.8 Å². The van der Waals surface area contributed by atoms with Crippen LogP contribution in [0.5, 0.6) is 0 Å². The maximum Gasteiger partial charge on any atom is 0.236 e. The maximum atomic E-state index is 13.3. The van der Waals surface area contributed by atoms with E-state index in [0.29, 0.717) is 6.54 Å². The summed E-state index contributed by atoms with van der Waals surface area (Å²) in [6, 6.07) is -0.330. The van der Waals surface area contributed by atoms with Crippen molar-refractivity contribution in [3.05, 3.63) is 0 Å². The van der Waals surface area contributed by atoms with Crippen LogP contribution in [0.15, 0.2) is 0 Å². The zero-order valence-electron chi connectivity index (χ0n) is 19.7. The van der Waals surface area contributed by atoms with Gasteiger partial charge in [-0.05, 0) is 25.8 Å². The molecule has 1 fully saturated rings. The number of carbonyl (C=O) groups is 3. The molecule has 0 radical (unpaired) electrons. The lowest BCUT2D eigenvalue weighted by molar-refractivity contribution is -0.144. The van der Waals surface area contributed by atoms with Gasteiger partial charge in [-0.2, -0.15) is 0 Å². The van der Waals surface area contributed by atoms with E-state index in [2.05, 4.69) is 19.2 Å². The molecule has 5 unspecified atom stereocenters. The first-order valence-electron chi connectivity index (χ1n) is 11.0. The van der Waals surface area contributed by atoms with E-state index in [4.69, 9.17) is 9.47 Å². The molecule has 0 aliphatic carbocycles. The van der Waals surface area contributed by atoms with Crippen molar-refractivity contribution in [2.45, 2.75) is 70.7 Å². The van der Waals surface area contributed by atoms with E-state index in [0.717, 1.165) is 25.5 Å². The van der Waals surface area contributed by atoms with Gasteiger partial charge in [-0.3, -0.25) is 9.59 Å². The van der Waals surface area contributed by atoms with Gasteiger partial charge in [0.25, 0.3) is 0 Å². The van der Waals surface area contributed by atoms with Gasteiger partial charge in [0, 0.05) is 33.7 Å². The summed E-state index contributed by atoms with van der Waals surface area (Å²) in [5.41, 5.74) is 0. The van der Waals surface area contributed by atoms with Crippen molar-refractivity contribution in [1.29, 1.82) is 0 Å². The molecule has 0 saturated carbocycles. The minimum absolute atomic E-state index is 0.0210. The van der Waals surface area contributed by atoms with Gasteiger partial charge in [0.05, 0.1) is 37.3 Å². The standard InChI is InChI=1S/C22H41N3O5/c1-8-15(2)21(24(5)20(28)13-23-4)18(29-6)12-19(27)25-11-9-10-17(25)22(30-7)16(3)14-26/h14-18,21-23H,8-13H2,1-7H3/t15?,16-,17?,18?,21?,22?/m0/s1. The molecule has 1 aliphatic rings. The van der Waals surface area contributed by atoms with Crippen LogP contribution in [0.2, 0.25) is 0 Å². The van der Waals surface area contributed by atoms with Crippen molar-refractivity contribution >= 4 is 18.1 Å². The van der Waals surface area contributed by atoms with E-state index in [1.54, 1.807) is 33.2 Å². The Balaban J connectivity index is 3.02. The van der Waals surface area contributed by atoms with Crippen LogP contribution < -0.4 is 5.32 Å². The molecule has 0 aromatic rings. The van der Waals surface area contributed by atoms with E-state index >= 15 is 0 Å². The lowest BCUT2D eigenvalue weighted by atomic mass is 9.90. The Bertz CT molecular complexity index is 559. The van der Waals surface area contributed by atoms with Crippen LogP contribution in [0.4, 0.5) is 0 Å². The van der Waals surface area contributed by atoms with Crippen molar-refractivity contribution in [1.82, 2.24) is 15.1 Å². The fourth-order valence-corrected chi connectivity index (χ4v) is 4.56. The molecule has 1 aliphatic heterocycles. The second-order valence-corrected chi connectivity index (χ2v) is 8.38. The van der Waals surface area contributed by atoms with Crippen molar-refractivity contribution in [2.75, 3.05) is 41.4 Å². The number of nitrogens with one attached hydrogen (secondary N) is 1. The average Bonchev–Trinajstić information content (AvgIpc) is 3.22. The largest absolute Gasteiger partial charge is 0.379 e. The lowest BCUT2D eigenvalue weighted by Gasteiger charge is -2.39. The van der Waals surface area contributed by atoms with Gasteiger partial charge < -0.3 is 29.4 Å². The molecule has 1 rings (SSSR count). The summed E-state index contributed by atoms with van der Waals surface area (Å²) in [7, 11) is 6.70. The van der Waals surface area contributed by atoms with Gasteiger partial charge >= 0.3 is 0 Å². The summed E-state index contributed by atoms with van der Waals surface area (Å²) < 4.78 is 11.3. The van der Waals surface area contributed by atoms with Crippen LogP contribution in [0, 0.1) is 11.8 Å². The summed E-state index contributed by atoms with van der Waals surface area (Å²) in [6.45, 7) is 6.86. The number of nitrogens with zero attached hydrogens (tertiary/aromatic N) is 2. The summed E-state index contributed by atoms with van der Waals surface area (Å²) in [6.07, 6.45) is 2.90. The van der Waals surface area contributed by atoms with Gasteiger partial charge in [-0.1, -0.05) is 27.2 Å². The Morgan fingerprint density at radius 1 is 1.27 bits per heavy atom. The Kier molecular flexibility index (Phi) is 11.5. The zero-order valence-corrected chi connectivity index (χ0v) is 19.7. The Morgan fingerprint density at radius 3 is 2.43 bits per heavy atom. The topological polar surface area (TPSA) is 88.2 Å². The predicted molar refractivity (Wildman–Crippen MR) is 116 cm³/mol. The van der Waals surface area contributed by atoms with Gasteiger partial charge in [0.15, 0.2) is 0 Å². The van der Waals surface area contributed by atoms with E-state index in [1.807, 2.05) is 11.8 Å². The highest BCUT2D eigenvalue weighted by Gasteiger charge is 2.40. The predicted octanol–water partition coefficient (Wildman–Crippen LogP) is 1.33. The van der Waals surface area contributed by atoms with Gasteiger partial charge in [0.1, 0.15) is 6.29 Å². The molecule has 0 aromatic carbocycles. The molecule has 0 spiro atoms. The highest BCUT2D eigenvalue weighted by atomic mass is 16.5. The number of methoxy groups -OCH3 is 2. The molecule has 30 heavy (non-hydrogen) atoms. The van der Waals surface area contributed by atoms with Crippen molar-refractivity contribution in [2.24, 2.45) is 11.8 Å². The molecule has 6 atom stereocenters. The number of amides is 2. The first kappa shape index (κ1) is 26.5. The highest BCUT2D eigenvalue weighted by Crippen LogP contribution is 2.28. The highest BCUT2D eigenvalue weighted by molar-refractivity contribution is 5.79. The van der Waals surface area contributed by atoms with Crippen LogP contribution in [-0.4, -0.2) is 93.6 Å². The number of carbonyl (C=O) groups excluding carboxylic acids is 3. The monoisotopic (exact) mass is 427 g/mol. The second kappa shape index (κ2) is 13.0. The third-order valence-electron chi connectivity index (χ3n) is 6.46. The Morgan fingerprint density at radius 2 is 1.93 bits per heavy atom. The summed E-state index contributed by atoms with van der Waals surface area (Å²) in [5, 5.41) is 2.89. The average molecular weight is 428 g/mol. The molecule has 174 valence electrons.